The number of rotatable bonds is 1. The minimum atomic E-state index is 0.270. The molecule has 9 heavy (non-hydrogen) atoms. The first-order valence-corrected chi connectivity index (χ1v) is 3.59. The van der Waals surface area contributed by atoms with E-state index in [4.69, 9.17) is 16.3 Å². The zero-order valence-electron chi connectivity index (χ0n) is 5.56. The number of hydrogen-bond donors (Lipinski definition) is 0. The Morgan fingerprint density at radius 2 is 2.56 bits per heavy atom. The van der Waals surface area contributed by atoms with E-state index < -0.39 is 0 Å². The van der Waals surface area contributed by atoms with E-state index in [0.29, 0.717) is 0 Å². The summed E-state index contributed by atoms with van der Waals surface area (Å²) in [4.78, 5) is 0. The predicted octanol–water partition coefficient (Wildman–Crippen LogP) is 2.31. The third-order valence-corrected chi connectivity index (χ3v) is 1.89. The Kier molecular flexibility index (Phi) is 2.55. The molecule has 2 heteroatoms. The van der Waals surface area contributed by atoms with E-state index in [1.807, 2.05) is 6.08 Å². The van der Waals surface area contributed by atoms with Gasteiger partial charge in [-0.25, -0.2) is 0 Å². The highest BCUT2D eigenvalue weighted by Gasteiger charge is 2.10. The van der Waals surface area contributed by atoms with Crippen LogP contribution in [0.5, 0.6) is 0 Å². The summed E-state index contributed by atoms with van der Waals surface area (Å²) in [5.74, 6) is 0. The van der Waals surface area contributed by atoms with Crippen molar-refractivity contribution in [3.05, 3.63) is 11.1 Å². The van der Waals surface area contributed by atoms with Crippen molar-refractivity contribution in [2.45, 2.75) is 25.4 Å². The summed E-state index contributed by atoms with van der Waals surface area (Å²) >= 11 is 5.77. The van der Waals surface area contributed by atoms with Crippen LogP contribution in [-0.2, 0) is 4.74 Å². The van der Waals surface area contributed by atoms with E-state index in [1.165, 1.54) is 0 Å². The Balaban J connectivity index is 2.47. The van der Waals surface area contributed by atoms with Gasteiger partial charge in [-0.2, -0.15) is 0 Å². The van der Waals surface area contributed by atoms with Crippen molar-refractivity contribution < 1.29 is 4.74 Å². The molecule has 0 heterocycles. The molecule has 0 amide bonds. The van der Waals surface area contributed by atoms with E-state index in [2.05, 4.69) is 0 Å². The molecule has 0 aliphatic heterocycles. The molecule has 1 aliphatic carbocycles. The first-order chi connectivity index (χ1) is 4.33. The molecular formula is C7H11ClO. The van der Waals surface area contributed by atoms with Gasteiger partial charge >= 0.3 is 0 Å². The van der Waals surface area contributed by atoms with Gasteiger partial charge in [0.05, 0.1) is 6.10 Å². The Morgan fingerprint density at radius 1 is 1.78 bits per heavy atom. The topological polar surface area (TPSA) is 9.23 Å². The van der Waals surface area contributed by atoms with E-state index in [-0.39, 0.29) is 6.10 Å². The van der Waals surface area contributed by atoms with Crippen LogP contribution in [0.15, 0.2) is 11.1 Å². The number of ether oxygens (including phenoxy) is 1. The lowest BCUT2D eigenvalue weighted by atomic mass is 10.1. The van der Waals surface area contributed by atoms with Gasteiger partial charge < -0.3 is 4.74 Å². The molecule has 0 radical (unpaired) electrons. The smallest absolute Gasteiger partial charge is 0.0766 e. The van der Waals surface area contributed by atoms with Gasteiger partial charge in [-0.1, -0.05) is 11.6 Å². The van der Waals surface area contributed by atoms with E-state index in [0.717, 1.165) is 24.3 Å². The number of halogens is 1. The van der Waals surface area contributed by atoms with Gasteiger partial charge in [0.15, 0.2) is 0 Å². The van der Waals surface area contributed by atoms with Gasteiger partial charge in [0.25, 0.3) is 0 Å². The van der Waals surface area contributed by atoms with Crippen molar-refractivity contribution in [1.82, 2.24) is 0 Å². The summed E-state index contributed by atoms with van der Waals surface area (Å²) in [7, 11) is 1.72. The largest absolute Gasteiger partial charge is 0.377 e. The molecule has 1 rings (SSSR count). The summed E-state index contributed by atoms with van der Waals surface area (Å²) in [6.07, 6.45) is 5.57. The fourth-order valence-electron chi connectivity index (χ4n) is 1.03. The predicted molar refractivity (Wildman–Crippen MR) is 38.6 cm³/mol. The van der Waals surface area contributed by atoms with Crippen LogP contribution >= 0.6 is 11.6 Å². The van der Waals surface area contributed by atoms with Gasteiger partial charge in [-0.3, -0.25) is 0 Å². The van der Waals surface area contributed by atoms with Crippen LogP contribution in [0.1, 0.15) is 19.3 Å². The maximum absolute atomic E-state index is 5.77. The second kappa shape index (κ2) is 3.23. The quantitative estimate of drug-likeness (QED) is 0.552. The molecule has 0 fully saturated rings. The standard InChI is InChI=1S/C7H11ClO/c1-9-7-4-2-3-6(8)5-7/h5,7H,2-4H2,1H3. The molecule has 52 valence electrons. The molecule has 0 aromatic heterocycles. The highest BCUT2D eigenvalue weighted by molar-refractivity contribution is 6.29. The van der Waals surface area contributed by atoms with Crippen LogP contribution in [-0.4, -0.2) is 13.2 Å². The number of methoxy groups -OCH3 is 1. The van der Waals surface area contributed by atoms with Crippen molar-refractivity contribution in [3.63, 3.8) is 0 Å². The summed E-state index contributed by atoms with van der Waals surface area (Å²) in [6, 6.07) is 0. The number of hydrogen-bond acceptors (Lipinski definition) is 1. The number of allylic oxidation sites excluding steroid dienone is 1. The average Bonchev–Trinajstić information content (AvgIpc) is 1.88. The monoisotopic (exact) mass is 146 g/mol. The van der Waals surface area contributed by atoms with Crippen LogP contribution in [0.2, 0.25) is 0 Å². The molecule has 0 bridgehead atoms. The highest BCUT2D eigenvalue weighted by Crippen LogP contribution is 2.21. The lowest BCUT2D eigenvalue weighted by Crippen LogP contribution is -2.10. The van der Waals surface area contributed by atoms with E-state index >= 15 is 0 Å². The molecular weight excluding hydrogens is 136 g/mol. The first-order valence-electron chi connectivity index (χ1n) is 3.22. The van der Waals surface area contributed by atoms with E-state index in [9.17, 15) is 0 Å². The third kappa shape index (κ3) is 1.99. The Hall–Kier alpha value is -0.0100. The van der Waals surface area contributed by atoms with Crippen molar-refractivity contribution in [2.75, 3.05) is 7.11 Å². The molecule has 1 aliphatic rings. The highest BCUT2D eigenvalue weighted by atomic mass is 35.5. The lowest BCUT2D eigenvalue weighted by molar-refractivity contribution is 0.127. The molecule has 0 aromatic carbocycles. The summed E-state index contributed by atoms with van der Waals surface area (Å²) < 4.78 is 5.10. The van der Waals surface area contributed by atoms with Crippen molar-refractivity contribution in [1.29, 1.82) is 0 Å². The summed E-state index contributed by atoms with van der Waals surface area (Å²) in [5.41, 5.74) is 0. The summed E-state index contributed by atoms with van der Waals surface area (Å²) in [5, 5.41) is 0.952. The molecule has 0 saturated carbocycles. The average molecular weight is 147 g/mol. The van der Waals surface area contributed by atoms with Gasteiger partial charge in [0.1, 0.15) is 0 Å². The molecule has 0 aromatic rings. The van der Waals surface area contributed by atoms with Gasteiger partial charge in [0.2, 0.25) is 0 Å². The molecule has 0 saturated heterocycles. The molecule has 0 spiro atoms. The molecule has 0 N–H and O–H groups in total. The SMILES string of the molecule is COC1C=C(Cl)CCC1. The normalized spacial score (nSPS) is 27.8. The van der Waals surface area contributed by atoms with Gasteiger partial charge in [-0.05, 0) is 25.3 Å². The fourth-order valence-corrected chi connectivity index (χ4v) is 1.30. The first kappa shape index (κ1) is 7.10. The maximum atomic E-state index is 5.77. The van der Waals surface area contributed by atoms with Crippen molar-refractivity contribution in [2.24, 2.45) is 0 Å². The second-order valence-corrected chi connectivity index (χ2v) is 2.77. The molecule has 1 atom stereocenters. The second-order valence-electron chi connectivity index (χ2n) is 2.28. The van der Waals surface area contributed by atoms with Crippen LogP contribution in [0.25, 0.3) is 0 Å². The van der Waals surface area contributed by atoms with E-state index in [1.54, 1.807) is 7.11 Å². The van der Waals surface area contributed by atoms with Crippen LogP contribution < -0.4 is 0 Å². The Labute approximate surface area is 60.7 Å². The van der Waals surface area contributed by atoms with Gasteiger partial charge in [-0.15, -0.1) is 0 Å². The van der Waals surface area contributed by atoms with Crippen molar-refractivity contribution in [3.8, 4) is 0 Å². The minimum absolute atomic E-state index is 0.270. The van der Waals surface area contributed by atoms with Crippen LogP contribution in [0.3, 0.4) is 0 Å². The molecule has 1 unspecified atom stereocenters. The van der Waals surface area contributed by atoms with Crippen LogP contribution in [0, 0.1) is 0 Å². The van der Waals surface area contributed by atoms with Crippen LogP contribution in [0.4, 0.5) is 0 Å². The Bertz CT molecular complexity index is 120. The Morgan fingerprint density at radius 3 is 3.00 bits per heavy atom. The maximum Gasteiger partial charge on any atom is 0.0766 e. The zero-order chi connectivity index (χ0) is 6.69. The lowest BCUT2D eigenvalue weighted by Gasteiger charge is -2.15. The summed E-state index contributed by atoms with van der Waals surface area (Å²) in [6.45, 7) is 0. The fraction of sp³-hybridized carbons (Fsp3) is 0.714. The zero-order valence-corrected chi connectivity index (χ0v) is 6.32. The van der Waals surface area contributed by atoms with Gasteiger partial charge in [0, 0.05) is 12.1 Å². The van der Waals surface area contributed by atoms with Crippen molar-refractivity contribution >= 4 is 11.6 Å². The minimum Gasteiger partial charge on any atom is -0.377 e. The third-order valence-electron chi connectivity index (χ3n) is 1.57. The molecule has 1 nitrogen and oxygen atoms in total.